The molecule has 136 valence electrons. The van der Waals surface area contributed by atoms with Gasteiger partial charge in [0.25, 0.3) is 0 Å². The molecule has 0 aliphatic carbocycles. The van der Waals surface area contributed by atoms with Gasteiger partial charge in [0.05, 0.1) is 12.5 Å². The zero-order valence-electron chi connectivity index (χ0n) is 15.1. The van der Waals surface area contributed by atoms with Crippen LogP contribution in [0.1, 0.15) is 31.7 Å². The number of rotatable bonds is 3. The number of carbonyl (C=O) groups is 1. The van der Waals surface area contributed by atoms with Crippen molar-refractivity contribution in [3.8, 4) is 11.5 Å². The molecule has 5 nitrogen and oxygen atoms in total. The molecule has 1 aromatic carbocycles. The number of piperidine rings is 1. The van der Waals surface area contributed by atoms with Crippen LogP contribution < -0.4 is 14.8 Å². The van der Waals surface area contributed by atoms with Gasteiger partial charge in [-0.2, -0.15) is 0 Å². The highest BCUT2D eigenvalue weighted by Gasteiger charge is 2.39. The molecule has 1 amide bonds. The van der Waals surface area contributed by atoms with Crippen LogP contribution in [0.3, 0.4) is 0 Å². The zero-order valence-corrected chi connectivity index (χ0v) is 15.1. The number of carbonyl (C=O) groups excluding carboxylic acids is 1. The number of nitrogens with zero attached hydrogens (tertiary/aromatic N) is 1. The summed E-state index contributed by atoms with van der Waals surface area (Å²) in [6, 6.07) is 5.91. The van der Waals surface area contributed by atoms with Gasteiger partial charge in [0, 0.05) is 19.6 Å². The summed E-state index contributed by atoms with van der Waals surface area (Å²) in [7, 11) is 0. The molecule has 3 heterocycles. The SMILES string of the molecule is CCOc1ccc2c(c1)CC(C(=O)N1CCC3(CCNC3)CC1)CO2. The lowest BCUT2D eigenvalue weighted by molar-refractivity contribution is -0.139. The van der Waals surface area contributed by atoms with E-state index in [9.17, 15) is 4.79 Å². The molecule has 25 heavy (non-hydrogen) atoms. The lowest BCUT2D eigenvalue weighted by Gasteiger charge is -2.40. The van der Waals surface area contributed by atoms with Crippen LogP contribution in [0.5, 0.6) is 11.5 Å². The van der Waals surface area contributed by atoms with Gasteiger partial charge in [-0.05, 0) is 68.3 Å². The van der Waals surface area contributed by atoms with Crippen molar-refractivity contribution in [2.24, 2.45) is 11.3 Å². The summed E-state index contributed by atoms with van der Waals surface area (Å²) < 4.78 is 11.4. The van der Waals surface area contributed by atoms with Crippen LogP contribution in [0.15, 0.2) is 18.2 Å². The molecule has 3 aliphatic rings. The Labute approximate surface area is 149 Å². The van der Waals surface area contributed by atoms with E-state index in [4.69, 9.17) is 9.47 Å². The van der Waals surface area contributed by atoms with E-state index in [-0.39, 0.29) is 11.8 Å². The van der Waals surface area contributed by atoms with Gasteiger partial charge in [-0.3, -0.25) is 4.79 Å². The van der Waals surface area contributed by atoms with Crippen LogP contribution in [0.2, 0.25) is 0 Å². The normalized spacial score (nSPS) is 24.7. The fourth-order valence-corrected chi connectivity index (χ4v) is 4.47. The van der Waals surface area contributed by atoms with Gasteiger partial charge in [0.15, 0.2) is 0 Å². The number of likely N-dealkylation sites (tertiary alicyclic amines) is 1. The lowest BCUT2D eigenvalue weighted by atomic mass is 9.77. The number of nitrogens with one attached hydrogen (secondary N) is 1. The molecule has 0 saturated carbocycles. The summed E-state index contributed by atoms with van der Waals surface area (Å²) in [6.07, 6.45) is 4.27. The largest absolute Gasteiger partial charge is 0.494 e. The third-order valence-corrected chi connectivity index (χ3v) is 6.07. The van der Waals surface area contributed by atoms with E-state index >= 15 is 0 Å². The van der Waals surface area contributed by atoms with Gasteiger partial charge in [-0.15, -0.1) is 0 Å². The van der Waals surface area contributed by atoms with Crippen molar-refractivity contribution in [2.45, 2.75) is 32.6 Å². The van der Waals surface area contributed by atoms with E-state index in [0.29, 0.717) is 18.6 Å². The van der Waals surface area contributed by atoms with Crippen LogP contribution in [0, 0.1) is 11.3 Å². The Morgan fingerprint density at radius 3 is 2.92 bits per heavy atom. The van der Waals surface area contributed by atoms with Crippen molar-refractivity contribution < 1.29 is 14.3 Å². The highest BCUT2D eigenvalue weighted by molar-refractivity contribution is 5.80. The molecule has 4 rings (SSSR count). The number of amides is 1. The first-order chi connectivity index (χ1) is 12.2. The predicted molar refractivity (Wildman–Crippen MR) is 96.0 cm³/mol. The smallest absolute Gasteiger partial charge is 0.229 e. The molecule has 2 fully saturated rings. The highest BCUT2D eigenvalue weighted by atomic mass is 16.5. The van der Waals surface area contributed by atoms with Crippen LogP contribution >= 0.6 is 0 Å². The summed E-state index contributed by atoms with van der Waals surface area (Å²) in [5.41, 5.74) is 1.53. The molecule has 1 spiro atoms. The molecular formula is C20H28N2O3. The molecular weight excluding hydrogens is 316 g/mol. The van der Waals surface area contributed by atoms with Crippen LogP contribution in [-0.4, -0.2) is 50.2 Å². The minimum atomic E-state index is -0.0693. The van der Waals surface area contributed by atoms with Crippen molar-refractivity contribution in [3.63, 3.8) is 0 Å². The third-order valence-electron chi connectivity index (χ3n) is 6.07. The van der Waals surface area contributed by atoms with E-state index in [1.165, 1.54) is 6.42 Å². The van der Waals surface area contributed by atoms with E-state index in [2.05, 4.69) is 10.2 Å². The minimum Gasteiger partial charge on any atom is -0.494 e. The fourth-order valence-electron chi connectivity index (χ4n) is 4.47. The first-order valence-corrected chi connectivity index (χ1v) is 9.57. The second kappa shape index (κ2) is 6.87. The molecule has 2 saturated heterocycles. The van der Waals surface area contributed by atoms with Gasteiger partial charge < -0.3 is 19.7 Å². The van der Waals surface area contributed by atoms with Crippen LogP contribution in [0.4, 0.5) is 0 Å². The maximum atomic E-state index is 13.0. The summed E-state index contributed by atoms with van der Waals surface area (Å²) in [6.45, 7) is 7.14. The van der Waals surface area contributed by atoms with Crippen molar-refractivity contribution in [3.05, 3.63) is 23.8 Å². The molecule has 0 bridgehead atoms. The van der Waals surface area contributed by atoms with Crippen molar-refractivity contribution in [1.29, 1.82) is 0 Å². The standard InChI is InChI=1S/C20H28N2O3/c1-2-24-17-3-4-18-15(12-17)11-16(13-25-18)19(23)22-9-6-20(7-10-22)5-8-21-14-20/h3-4,12,16,21H,2,5-11,13-14H2,1H3. The molecule has 3 aliphatic heterocycles. The molecule has 1 N–H and O–H groups in total. The molecule has 0 aromatic heterocycles. The van der Waals surface area contributed by atoms with Gasteiger partial charge in [0.2, 0.25) is 5.91 Å². The van der Waals surface area contributed by atoms with Gasteiger partial charge >= 0.3 is 0 Å². The monoisotopic (exact) mass is 344 g/mol. The van der Waals surface area contributed by atoms with E-state index in [1.54, 1.807) is 0 Å². The summed E-state index contributed by atoms with van der Waals surface area (Å²) in [5, 5.41) is 3.48. The van der Waals surface area contributed by atoms with Gasteiger partial charge in [-0.25, -0.2) is 0 Å². The number of ether oxygens (including phenoxy) is 2. The maximum absolute atomic E-state index is 13.0. The molecule has 1 aromatic rings. The Morgan fingerprint density at radius 1 is 1.36 bits per heavy atom. The van der Waals surface area contributed by atoms with Gasteiger partial charge in [0.1, 0.15) is 18.1 Å². The lowest BCUT2D eigenvalue weighted by Crippen LogP contribution is -2.48. The summed E-state index contributed by atoms with van der Waals surface area (Å²) in [5.74, 6) is 1.93. The second-order valence-electron chi connectivity index (χ2n) is 7.67. The molecule has 1 unspecified atom stereocenters. The average molecular weight is 344 g/mol. The van der Waals surface area contributed by atoms with Crippen LogP contribution in [0.25, 0.3) is 0 Å². The molecule has 0 radical (unpaired) electrons. The van der Waals surface area contributed by atoms with E-state index in [1.807, 2.05) is 25.1 Å². The number of hydrogen-bond donors (Lipinski definition) is 1. The fraction of sp³-hybridized carbons (Fsp3) is 0.650. The highest BCUT2D eigenvalue weighted by Crippen LogP contribution is 2.38. The molecule has 1 atom stereocenters. The number of benzene rings is 1. The van der Waals surface area contributed by atoms with Crippen molar-refractivity contribution in [2.75, 3.05) is 39.4 Å². The Hall–Kier alpha value is -1.75. The van der Waals surface area contributed by atoms with Gasteiger partial charge in [-0.1, -0.05) is 0 Å². The Bertz CT molecular complexity index is 630. The third kappa shape index (κ3) is 3.34. The summed E-state index contributed by atoms with van der Waals surface area (Å²) in [4.78, 5) is 15.0. The van der Waals surface area contributed by atoms with Crippen molar-refractivity contribution in [1.82, 2.24) is 10.2 Å². The number of fused-ring (bicyclic) bond motifs is 1. The maximum Gasteiger partial charge on any atom is 0.229 e. The average Bonchev–Trinajstić information content (AvgIpc) is 3.09. The van der Waals surface area contributed by atoms with E-state index in [0.717, 1.165) is 62.5 Å². The topological polar surface area (TPSA) is 50.8 Å². The van der Waals surface area contributed by atoms with Crippen molar-refractivity contribution >= 4 is 5.91 Å². The Balaban J connectivity index is 1.39. The predicted octanol–water partition coefficient (Wildman–Crippen LogP) is 2.24. The quantitative estimate of drug-likeness (QED) is 0.914. The first kappa shape index (κ1) is 16.7. The first-order valence-electron chi connectivity index (χ1n) is 9.57. The zero-order chi connectivity index (χ0) is 17.3. The molecule has 5 heteroatoms. The van der Waals surface area contributed by atoms with Crippen LogP contribution in [-0.2, 0) is 11.2 Å². The minimum absolute atomic E-state index is 0.0693. The van der Waals surface area contributed by atoms with E-state index < -0.39 is 0 Å². The second-order valence-corrected chi connectivity index (χ2v) is 7.67. The number of hydrogen-bond acceptors (Lipinski definition) is 4. The summed E-state index contributed by atoms with van der Waals surface area (Å²) >= 11 is 0. The Morgan fingerprint density at radius 2 is 2.20 bits per heavy atom. The Kier molecular flexibility index (Phi) is 4.59.